The minimum atomic E-state index is 0.473. The van der Waals surface area contributed by atoms with E-state index in [4.69, 9.17) is 10.3 Å². The number of imidazole rings is 1. The molecule has 0 saturated heterocycles. The van der Waals surface area contributed by atoms with Crippen LogP contribution >= 0.6 is 15.9 Å². The fourth-order valence-corrected chi connectivity index (χ4v) is 2.11. The van der Waals surface area contributed by atoms with Crippen LogP contribution in [0.25, 0.3) is 11.0 Å². The molecule has 0 amide bonds. The van der Waals surface area contributed by atoms with E-state index in [0.717, 1.165) is 21.2 Å². The third-order valence-electron chi connectivity index (χ3n) is 2.55. The highest BCUT2D eigenvalue weighted by atomic mass is 79.9. The lowest BCUT2D eigenvalue weighted by Crippen LogP contribution is -2.04. The first kappa shape index (κ1) is 10.3. The molecule has 2 N–H and O–H groups in total. The third-order valence-corrected chi connectivity index (χ3v) is 3.04. The second-order valence-electron chi connectivity index (χ2n) is 3.68. The van der Waals surface area contributed by atoms with Gasteiger partial charge in [-0.05, 0) is 18.2 Å². The zero-order valence-corrected chi connectivity index (χ0v) is 10.4. The van der Waals surface area contributed by atoms with Crippen LogP contribution in [0.3, 0.4) is 0 Å². The molecule has 3 rings (SSSR count). The van der Waals surface area contributed by atoms with Gasteiger partial charge in [0.1, 0.15) is 12.0 Å². The number of rotatable bonds is 2. The minimum Gasteiger partial charge on any atom is -0.369 e. The van der Waals surface area contributed by atoms with E-state index in [-0.39, 0.29) is 0 Å². The van der Waals surface area contributed by atoms with Crippen molar-refractivity contribution >= 4 is 32.9 Å². The molecule has 3 aromatic rings. The summed E-state index contributed by atoms with van der Waals surface area (Å²) in [6.45, 7) is 0.551. The number of aromatic nitrogens is 3. The molecule has 0 spiro atoms. The lowest BCUT2D eigenvalue weighted by molar-refractivity contribution is 0.410. The van der Waals surface area contributed by atoms with Crippen LogP contribution in [0.2, 0.25) is 0 Å². The van der Waals surface area contributed by atoms with Crippen molar-refractivity contribution in [3.63, 3.8) is 0 Å². The summed E-state index contributed by atoms with van der Waals surface area (Å²) < 4.78 is 7.70. The number of hydrogen-bond donors (Lipinski definition) is 1. The zero-order chi connectivity index (χ0) is 11.8. The quantitative estimate of drug-likeness (QED) is 0.787. The van der Waals surface area contributed by atoms with Crippen molar-refractivity contribution < 1.29 is 4.52 Å². The Kier molecular flexibility index (Phi) is 2.36. The largest absolute Gasteiger partial charge is 0.369 e. The summed E-state index contributed by atoms with van der Waals surface area (Å²) in [5.41, 5.74) is 8.56. The number of fused-ring (bicyclic) bond motifs is 1. The van der Waals surface area contributed by atoms with E-state index in [1.807, 2.05) is 28.8 Å². The highest BCUT2D eigenvalue weighted by Gasteiger charge is 2.10. The Morgan fingerprint density at radius 1 is 1.35 bits per heavy atom. The van der Waals surface area contributed by atoms with Gasteiger partial charge < -0.3 is 14.8 Å². The van der Waals surface area contributed by atoms with E-state index in [1.165, 1.54) is 0 Å². The molecule has 0 radical (unpaired) electrons. The Bertz CT molecular complexity index is 659. The number of benzene rings is 1. The first-order valence-corrected chi connectivity index (χ1v) is 5.84. The zero-order valence-electron chi connectivity index (χ0n) is 8.80. The second kappa shape index (κ2) is 3.89. The lowest BCUT2D eigenvalue weighted by Gasteiger charge is -2.03. The molecule has 17 heavy (non-hydrogen) atoms. The van der Waals surface area contributed by atoms with Crippen LogP contribution in [0, 0.1) is 0 Å². The molecule has 0 atom stereocenters. The van der Waals surface area contributed by atoms with Crippen LogP contribution in [0.1, 0.15) is 5.69 Å². The van der Waals surface area contributed by atoms with E-state index >= 15 is 0 Å². The van der Waals surface area contributed by atoms with Crippen LogP contribution in [0.5, 0.6) is 0 Å². The average molecular weight is 293 g/mol. The smallest absolute Gasteiger partial charge is 0.201 e. The monoisotopic (exact) mass is 292 g/mol. The summed E-state index contributed by atoms with van der Waals surface area (Å²) in [4.78, 5) is 4.30. The number of halogens is 1. The minimum absolute atomic E-state index is 0.473. The molecule has 0 unspecified atom stereocenters. The van der Waals surface area contributed by atoms with Gasteiger partial charge in [-0.3, -0.25) is 0 Å². The normalized spacial score (nSPS) is 11.1. The highest BCUT2D eigenvalue weighted by molar-refractivity contribution is 9.10. The fourth-order valence-electron chi connectivity index (χ4n) is 1.76. The lowest BCUT2D eigenvalue weighted by atomic mass is 10.3. The molecule has 2 heterocycles. The standard InChI is InChI=1S/C11H9BrN4O/c12-7-1-2-9-10(5-7)16(11(13)14-9)6-8-3-4-17-15-8/h1-5H,6H2,(H2,13,14). The van der Waals surface area contributed by atoms with Gasteiger partial charge in [0.05, 0.1) is 17.6 Å². The maximum atomic E-state index is 5.90. The molecule has 2 aromatic heterocycles. The molecule has 0 saturated carbocycles. The van der Waals surface area contributed by atoms with Crippen molar-refractivity contribution in [1.82, 2.24) is 14.7 Å². The molecule has 0 aliphatic heterocycles. The van der Waals surface area contributed by atoms with Crippen molar-refractivity contribution in [2.45, 2.75) is 6.54 Å². The van der Waals surface area contributed by atoms with E-state index in [0.29, 0.717) is 12.5 Å². The van der Waals surface area contributed by atoms with Crippen molar-refractivity contribution in [2.75, 3.05) is 5.73 Å². The highest BCUT2D eigenvalue weighted by Crippen LogP contribution is 2.22. The van der Waals surface area contributed by atoms with Gasteiger partial charge in [0.25, 0.3) is 0 Å². The molecular weight excluding hydrogens is 284 g/mol. The van der Waals surface area contributed by atoms with Crippen molar-refractivity contribution in [3.8, 4) is 0 Å². The Labute approximate surface area is 105 Å². The second-order valence-corrected chi connectivity index (χ2v) is 4.60. The number of nitrogen functional groups attached to an aromatic ring is 1. The summed E-state index contributed by atoms with van der Waals surface area (Å²) in [6, 6.07) is 7.66. The van der Waals surface area contributed by atoms with Gasteiger partial charge in [-0.15, -0.1) is 0 Å². The van der Waals surface area contributed by atoms with Gasteiger partial charge >= 0.3 is 0 Å². The molecule has 0 bridgehead atoms. The summed E-state index contributed by atoms with van der Waals surface area (Å²) in [7, 11) is 0. The Morgan fingerprint density at radius 3 is 3.00 bits per heavy atom. The SMILES string of the molecule is Nc1nc2ccc(Br)cc2n1Cc1ccon1. The third kappa shape index (κ3) is 1.80. The summed E-state index contributed by atoms with van der Waals surface area (Å²) >= 11 is 3.44. The van der Waals surface area contributed by atoms with Gasteiger partial charge in [0.15, 0.2) is 0 Å². The van der Waals surface area contributed by atoms with E-state index in [2.05, 4.69) is 26.1 Å². The molecule has 86 valence electrons. The van der Waals surface area contributed by atoms with E-state index in [9.17, 15) is 0 Å². The van der Waals surface area contributed by atoms with Crippen LogP contribution in [0.4, 0.5) is 5.95 Å². The molecule has 5 nitrogen and oxygen atoms in total. The Morgan fingerprint density at radius 2 is 2.24 bits per heavy atom. The average Bonchev–Trinajstić information content (AvgIpc) is 2.90. The number of nitrogens with two attached hydrogens (primary N) is 1. The Balaban J connectivity index is 2.14. The summed E-state index contributed by atoms with van der Waals surface area (Å²) in [5, 5.41) is 3.87. The fraction of sp³-hybridized carbons (Fsp3) is 0.0909. The molecule has 1 aromatic carbocycles. The number of anilines is 1. The first-order valence-electron chi connectivity index (χ1n) is 5.04. The Hall–Kier alpha value is -1.82. The van der Waals surface area contributed by atoms with Gasteiger partial charge in [-0.2, -0.15) is 0 Å². The molecule has 0 aliphatic carbocycles. The maximum Gasteiger partial charge on any atom is 0.201 e. The molecule has 0 fully saturated rings. The molecule has 6 heteroatoms. The number of hydrogen-bond acceptors (Lipinski definition) is 4. The molecule has 0 aliphatic rings. The predicted octanol–water partition coefficient (Wildman–Crippen LogP) is 2.42. The van der Waals surface area contributed by atoms with Crippen molar-refractivity contribution in [1.29, 1.82) is 0 Å². The topological polar surface area (TPSA) is 69.9 Å². The van der Waals surface area contributed by atoms with E-state index < -0.39 is 0 Å². The van der Waals surface area contributed by atoms with Crippen LogP contribution < -0.4 is 5.73 Å². The van der Waals surface area contributed by atoms with Crippen LogP contribution in [-0.2, 0) is 6.54 Å². The molecular formula is C11H9BrN4O. The van der Waals surface area contributed by atoms with Gasteiger partial charge in [0.2, 0.25) is 5.95 Å². The van der Waals surface area contributed by atoms with Crippen LogP contribution in [0.15, 0.2) is 39.5 Å². The predicted molar refractivity (Wildman–Crippen MR) is 67.5 cm³/mol. The van der Waals surface area contributed by atoms with Crippen molar-refractivity contribution in [2.24, 2.45) is 0 Å². The first-order chi connectivity index (χ1) is 8.24. The van der Waals surface area contributed by atoms with Gasteiger partial charge in [-0.1, -0.05) is 21.1 Å². The van der Waals surface area contributed by atoms with Crippen molar-refractivity contribution in [3.05, 3.63) is 40.7 Å². The van der Waals surface area contributed by atoms with Crippen LogP contribution in [-0.4, -0.2) is 14.7 Å². The van der Waals surface area contributed by atoms with Gasteiger partial charge in [-0.25, -0.2) is 4.98 Å². The number of nitrogens with zero attached hydrogens (tertiary/aromatic N) is 3. The summed E-state index contributed by atoms with van der Waals surface area (Å²) in [6.07, 6.45) is 1.54. The summed E-state index contributed by atoms with van der Waals surface area (Å²) in [5.74, 6) is 0.473. The maximum absolute atomic E-state index is 5.90. The van der Waals surface area contributed by atoms with E-state index in [1.54, 1.807) is 6.26 Å². The van der Waals surface area contributed by atoms with Gasteiger partial charge in [0, 0.05) is 10.5 Å².